The maximum atomic E-state index is 12.4. The Morgan fingerprint density at radius 2 is 2.32 bits per heavy atom. The van der Waals surface area contributed by atoms with Crippen LogP contribution in [0.2, 0.25) is 0 Å². The minimum atomic E-state index is -0.160. The molecule has 1 heterocycles. The van der Waals surface area contributed by atoms with E-state index in [1.54, 1.807) is 0 Å². The summed E-state index contributed by atoms with van der Waals surface area (Å²) in [4.78, 5) is 12.4. The highest BCUT2D eigenvalue weighted by molar-refractivity contribution is 5.93. The minimum absolute atomic E-state index is 0.00322. The minimum Gasteiger partial charge on any atom is -0.396 e. The van der Waals surface area contributed by atoms with E-state index >= 15 is 0 Å². The lowest BCUT2D eigenvalue weighted by Crippen LogP contribution is -2.45. The fourth-order valence-electron chi connectivity index (χ4n) is 3.16. The van der Waals surface area contributed by atoms with Gasteiger partial charge in [-0.2, -0.15) is 0 Å². The van der Waals surface area contributed by atoms with Crippen molar-refractivity contribution in [3.05, 3.63) is 24.0 Å². The molecule has 0 saturated heterocycles. The van der Waals surface area contributed by atoms with Gasteiger partial charge in [0.1, 0.15) is 5.69 Å². The van der Waals surface area contributed by atoms with Crippen LogP contribution in [-0.4, -0.2) is 28.2 Å². The summed E-state index contributed by atoms with van der Waals surface area (Å²) in [5.74, 6) is 0.00322. The van der Waals surface area contributed by atoms with Gasteiger partial charge in [-0.3, -0.25) is 4.79 Å². The molecule has 4 nitrogen and oxygen atoms in total. The zero-order valence-corrected chi connectivity index (χ0v) is 11.4. The molecule has 2 N–H and O–H groups in total. The summed E-state index contributed by atoms with van der Waals surface area (Å²) >= 11 is 0. The van der Waals surface area contributed by atoms with Crippen molar-refractivity contribution in [1.82, 2.24) is 9.88 Å². The summed E-state index contributed by atoms with van der Waals surface area (Å²) in [7, 11) is 0. The van der Waals surface area contributed by atoms with Gasteiger partial charge in [0.05, 0.1) is 6.61 Å². The van der Waals surface area contributed by atoms with Gasteiger partial charge in [0.2, 0.25) is 0 Å². The zero-order valence-electron chi connectivity index (χ0n) is 11.4. The predicted octanol–water partition coefficient (Wildman–Crippen LogP) is 2.10. The van der Waals surface area contributed by atoms with E-state index in [2.05, 4.69) is 16.8 Å². The summed E-state index contributed by atoms with van der Waals surface area (Å²) in [6.07, 6.45) is 7.36. The lowest BCUT2D eigenvalue weighted by molar-refractivity contribution is 0.0822. The highest BCUT2D eigenvalue weighted by atomic mass is 16.3. The van der Waals surface area contributed by atoms with Crippen molar-refractivity contribution in [3.63, 3.8) is 0 Å². The Morgan fingerprint density at radius 1 is 1.53 bits per heavy atom. The Bertz CT molecular complexity index is 478. The van der Waals surface area contributed by atoms with Crippen LogP contribution in [-0.2, 0) is 0 Å². The molecule has 1 aromatic rings. The number of carbonyl (C=O) groups is 1. The molecule has 2 atom stereocenters. The molecule has 19 heavy (non-hydrogen) atoms. The van der Waals surface area contributed by atoms with Gasteiger partial charge in [0, 0.05) is 23.7 Å². The number of carbonyl (C=O) groups excluding carboxylic acids is 1. The van der Waals surface area contributed by atoms with Crippen LogP contribution in [0.5, 0.6) is 0 Å². The number of aromatic nitrogens is 1. The molecular weight excluding hydrogens is 240 g/mol. The molecule has 0 spiro atoms. The van der Waals surface area contributed by atoms with Gasteiger partial charge >= 0.3 is 0 Å². The number of hydrogen-bond acceptors (Lipinski definition) is 2. The maximum absolute atomic E-state index is 12.4. The molecule has 1 aromatic heterocycles. The summed E-state index contributed by atoms with van der Waals surface area (Å²) in [5, 5.41) is 12.7. The second kappa shape index (κ2) is 4.67. The fraction of sp³-hybridized carbons (Fsp3) is 0.667. The van der Waals surface area contributed by atoms with E-state index in [4.69, 9.17) is 0 Å². The van der Waals surface area contributed by atoms with Crippen molar-refractivity contribution in [2.45, 2.75) is 51.1 Å². The van der Waals surface area contributed by atoms with E-state index in [-0.39, 0.29) is 24.0 Å². The Kier molecular flexibility index (Phi) is 3.13. The summed E-state index contributed by atoms with van der Waals surface area (Å²) < 4.78 is 2.08. The van der Waals surface area contributed by atoms with Crippen molar-refractivity contribution in [3.8, 4) is 0 Å². The summed E-state index contributed by atoms with van der Waals surface area (Å²) in [5.41, 5.74) is 0.599. The van der Waals surface area contributed by atoms with Gasteiger partial charge < -0.3 is 15.0 Å². The average molecular weight is 262 g/mol. The van der Waals surface area contributed by atoms with E-state index in [1.165, 1.54) is 12.8 Å². The van der Waals surface area contributed by atoms with Crippen LogP contribution in [0.15, 0.2) is 18.3 Å². The molecule has 2 unspecified atom stereocenters. The first kappa shape index (κ1) is 12.7. The van der Waals surface area contributed by atoms with Crippen molar-refractivity contribution >= 4 is 5.91 Å². The molecule has 0 aliphatic heterocycles. The average Bonchev–Trinajstić information content (AvgIpc) is 3.02. The first-order chi connectivity index (χ1) is 9.14. The lowest BCUT2D eigenvalue weighted by atomic mass is 9.86. The number of amides is 1. The second-order valence-corrected chi connectivity index (χ2v) is 6.26. The Labute approximate surface area is 113 Å². The largest absolute Gasteiger partial charge is 0.396 e. The molecule has 2 saturated carbocycles. The van der Waals surface area contributed by atoms with Gasteiger partial charge in [-0.15, -0.1) is 0 Å². The quantitative estimate of drug-likeness (QED) is 0.873. The van der Waals surface area contributed by atoms with Gasteiger partial charge in [-0.1, -0.05) is 13.3 Å². The van der Waals surface area contributed by atoms with Gasteiger partial charge in [-0.25, -0.2) is 0 Å². The van der Waals surface area contributed by atoms with Gasteiger partial charge in [0.15, 0.2) is 0 Å². The molecule has 2 aliphatic rings. The summed E-state index contributed by atoms with van der Waals surface area (Å²) in [6, 6.07) is 4.43. The Hall–Kier alpha value is -1.29. The Balaban J connectivity index is 1.72. The standard InChI is InChI=1S/C15H22N2O2/c1-15(10-18)8-2-5-13(15)16-14(19)12-4-3-9-17(12)11-6-7-11/h3-4,9,11,13,18H,2,5-8,10H2,1H3,(H,16,19). The van der Waals surface area contributed by atoms with Crippen molar-refractivity contribution in [2.24, 2.45) is 5.41 Å². The van der Waals surface area contributed by atoms with Crippen molar-refractivity contribution in [1.29, 1.82) is 0 Å². The molecule has 2 fully saturated rings. The molecule has 0 radical (unpaired) electrons. The van der Waals surface area contributed by atoms with Crippen molar-refractivity contribution < 1.29 is 9.90 Å². The normalized spacial score (nSPS) is 30.5. The molecule has 0 bridgehead atoms. The number of aliphatic hydroxyl groups excluding tert-OH is 1. The Morgan fingerprint density at radius 3 is 3.00 bits per heavy atom. The third kappa shape index (κ3) is 2.29. The van der Waals surface area contributed by atoms with E-state index in [0.29, 0.717) is 6.04 Å². The van der Waals surface area contributed by atoms with Crippen LogP contribution in [0.3, 0.4) is 0 Å². The summed E-state index contributed by atoms with van der Waals surface area (Å²) in [6.45, 7) is 2.20. The number of rotatable bonds is 4. The maximum Gasteiger partial charge on any atom is 0.268 e. The molecular formula is C15H22N2O2. The van der Waals surface area contributed by atoms with Crippen LogP contribution < -0.4 is 5.32 Å². The van der Waals surface area contributed by atoms with Crippen LogP contribution in [0, 0.1) is 5.41 Å². The molecule has 1 amide bonds. The van der Waals surface area contributed by atoms with E-state index in [1.807, 2.05) is 18.3 Å². The third-order valence-electron chi connectivity index (χ3n) is 4.70. The van der Waals surface area contributed by atoms with E-state index in [9.17, 15) is 9.90 Å². The molecule has 104 valence electrons. The first-order valence-corrected chi connectivity index (χ1v) is 7.22. The third-order valence-corrected chi connectivity index (χ3v) is 4.70. The lowest BCUT2D eigenvalue weighted by Gasteiger charge is -2.30. The monoisotopic (exact) mass is 262 g/mol. The van der Waals surface area contributed by atoms with Crippen LogP contribution in [0.1, 0.15) is 55.6 Å². The number of nitrogens with one attached hydrogen (secondary N) is 1. The highest BCUT2D eigenvalue weighted by Gasteiger charge is 2.39. The van der Waals surface area contributed by atoms with E-state index < -0.39 is 0 Å². The second-order valence-electron chi connectivity index (χ2n) is 6.26. The topological polar surface area (TPSA) is 54.3 Å². The van der Waals surface area contributed by atoms with Crippen molar-refractivity contribution in [2.75, 3.05) is 6.61 Å². The fourth-order valence-corrected chi connectivity index (χ4v) is 3.16. The number of aliphatic hydroxyl groups is 1. The SMILES string of the molecule is CC1(CO)CCCC1NC(=O)c1cccn1C1CC1. The number of hydrogen-bond donors (Lipinski definition) is 2. The van der Waals surface area contributed by atoms with Crippen LogP contribution in [0.25, 0.3) is 0 Å². The smallest absolute Gasteiger partial charge is 0.268 e. The van der Waals surface area contributed by atoms with Gasteiger partial charge in [0.25, 0.3) is 5.91 Å². The first-order valence-electron chi connectivity index (χ1n) is 7.22. The zero-order chi connectivity index (χ0) is 13.5. The number of nitrogens with zero attached hydrogens (tertiary/aromatic N) is 1. The van der Waals surface area contributed by atoms with Crippen LogP contribution >= 0.6 is 0 Å². The molecule has 4 heteroatoms. The molecule has 2 aliphatic carbocycles. The van der Waals surface area contributed by atoms with E-state index in [0.717, 1.165) is 25.0 Å². The molecule has 3 rings (SSSR count). The van der Waals surface area contributed by atoms with Gasteiger partial charge in [-0.05, 0) is 37.8 Å². The van der Waals surface area contributed by atoms with Crippen LogP contribution in [0.4, 0.5) is 0 Å². The predicted molar refractivity (Wildman–Crippen MR) is 73.0 cm³/mol. The molecule has 0 aromatic carbocycles. The highest BCUT2D eigenvalue weighted by Crippen LogP contribution is 2.38.